The minimum atomic E-state index is -0.414. The van der Waals surface area contributed by atoms with Crippen LogP contribution >= 0.6 is 0 Å². The molecule has 1 aliphatic heterocycles. The molecule has 1 aliphatic carbocycles. The van der Waals surface area contributed by atoms with Crippen molar-refractivity contribution in [2.45, 2.75) is 19.3 Å². The van der Waals surface area contributed by atoms with Crippen molar-refractivity contribution in [2.75, 3.05) is 18.1 Å². The van der Waals surface area contributed by atoms with Gasteiger partial charge in [-0.25, -0.2) is 14.8 Å². The number of primary amides is 1. The molecule has 0 spiro atoms. The summed E-state index contributed by atoms with van der Waals surface area (Å²) in [6, 6.07) is 3.23. The summed E-state index contributed by atoms with van der Waals surface area (Å²) in [4.78, 5) is 15.7. The Morgan fingerprint density at radius 3 is 2.44 bits per heavy atom. The predicted octanol–water partition coefficient (Wildman–Crippen LogP) is 1.61. The van der Waals surface area contributed by atoms with E-state index in [1.54, 1.807) is 17.4 Å². The SMILES string of the molecule is NC(=O)N(c1ccncc1)N1CC2CCC(C2)C1. The van der Waals surface area contributed by atoms with E-state index in [2.05, 4.69) is 9.99 Å². The molecular weight excluding hydrogens is 228 g/mol. The summed E-state index contributed by atoms with van der Waals surface area (Å²) >= 11 is 0. The number of rotatable bonds is 2. The Balaban J connectivity index is 1.84. The summed E-state index contributed by atoms with van der Waals surface area (Å²) in [5, 5.41) is 3.70. The molecule has 1 aromatic heterocycles. The van der Waals surface area contributed by atoms with Crippen LogP contribution in [-0.4, -0.2) is 29.1 Å². The molecule has 2 atom stereocenters. The number of anilines is 1. The number of hydrogen-bond donors (Lipinski definition) is 1. The Morgan fingerprint density at radius 2 is 1.89 bits per heavy atom. The molecule has 96 valence electrons. The van der Waals surface area contributed by atoms with Crippen molar-refractivity contribution in [2.24, 2.45) is 17.6 Å². The number of aromatic nitrogens is 1. The van der Waals surface area contributed by atoms with Crippen LogP contribution in [0.4, 0.5) is 10.5 Å². The van der Waals surface area contributed by atoms with E-state index in [1.807, 2.05) is 12.1 Å². The summed E-state index contributed by atoms with van der Waals surface area (Å²) < 4.78 is 0. The maximum absolute atomic E-state index is 11.7. The largest absolute Gasteiger partial charge is 0.350 e. The van der Waals surface area contributed by atoms with Crippen molar-refractivity contribution >= 4 is 11.7 Å². The maximum Gasteiger partial charge on any atom is 0.334 e. The molecule has 5 nitrogen and oxygen atoms in total. The zero-order chi connectivity index (χ0) is 12.5. The number of fused-ring (bicyclic) bond motifs is 2. The van der Waals surface area contributed by atoms with E-state index < -0.39 is 6.03 Å². The molecule has 2 unspecified atom stereocenters. The van der Waals surface area contributed by atoms with Gasteiger partial charge in [-0.15, -0.1) is 0 Å². The van der Waals surface area contributed by atoms with Crippen molar-refractivity contribution in [1.29, 1.82) is 0 Å². The van der Waals surface area contributed by atoms with Gasteiger partial charge < -0.3 is 5.73 Å². The summed E-state index contributed by atoms with van der Waals surface area (Å²) in [6.07, 6.45) is 7.24. The molecule has 0 radical (unpaired) electrons. The molecule has 1 aromatic rings. The fourth-order valence-electron chi connectivity index (χ4n) is 3.26. The zero-order valence-corrected chi connectivity index (χ0v) is 10.3. The van der Waals surface area contributed by atoms with Gasteiger partial charge in [0.1, 0.15) is 0 Å². The summed E-state index contributed by atoms with van der Waals surface area (Å²) in [6.45, 7) is 1.86. The monoisotopic (exact) mass is 246 g/mol. The highest BCUT2D eigenvalue weighted by Gasteiger charge is 2.36. The van der Waals surface area contributed by atoms with E-state index in [0.29, 0.717) is 11.8 Å². The standard InChI is InChI=1S/C13H18N4O/c14-13(18)17(12-3-5-15-6-4-12)16-8-10-1-2-11(7-10)9-16/h3-6,10-11H,1-2,7-9H2,(H2,14,18). The van der Waals surface area contributed by atoms with Gasteiger partial charge in [-0.3, -0.25) is 4.98 Å². The number of carbonyl (C=O) groups excluding carboxylic acids is 1. The van der Waals surface area contributed by atoms with Crippen LogP contribution in [0.25, 0.3) is 0 Å². The fourth-order valence-corrected chi connectivity index (χ4v) is 3.26. The first kappa shape index (κ1) is 11.5. The summed E-state index contributed by atoms with van der Waals surface area (Å²) in [5.41, 5.74) is 6.34. The molecule has 18 heavy (non-hydrogen) atoms. The molecule has 2 fully saturated rings. The first-order valence-electron chi connectivity index (χ1n) is 6.48. The normalized spacial score (nSPS) is 27.1. The Bertz CT molecular complexity index is 424. The van der Waals surface area contributed by atoms with Crippen molar-refractivity contribution in [3.63, 3.8) is 0 Å². The lowest BCUT2D eigenvalue weighted by molar-refractivity contribution is 0.155. The van der Waals surface area contributed by atoms with Crippen molar-refractivity contribution in [3.05, 3.63) is 24.5 Å². The zero-order valence-electron chi connectivity index (χ0n) is 10.3. The van der Waals surface area contributed by atoms with Gasteiger partial charge in [-0.05, 0) is 43.2 Å². The number of carbonyl (C=O) groups is 1. The molecule has 2 aliphatic rings. The number of amides is 2. The third-order valence-electron chi connectivity index (χ3n) is 3.99. The molecule has 5 heteroatoms. The van der Waals surface area contributed by atoms with Gasteiger partial charge in [0, 0.05) is 25.5 Å². The first-order chi connectivity index (χ1) is 8.74. The second-order valence-corrected chi connectivity index (χ2v) is 5.27. The lowest BCUT2D eigenvalue weighted by atomic mass is 10.0. The van der Waals surface area contributed by atoms with Crippen molar-refractivity contribution in [3.8, 4) is 0 Å². The van der Waals surface area contributed by atoms with Crippen molar-refractivity contribution < 1.29 is 4.79 Å². The van der Waals surface area contributed by atoms with E-state index in [4.69, 9.17) is 5.73 Å². The van der Waals surface area contributed by atoms with Gasteiger partial charge >= 0.3 is 6.03 Å². The second kappa shape index (κ2) is 4.57. The molecule has 2 heterocycles. The van der Waals surface area contributed by atoms with Crippen LogP contribution < -0.4 is 10.7 Å². The average molecular weight is 246 g/mol. The molecular formula is C13H18N4O. The van der Waals surface area contributed by atoms with Crippen LogP contribution in [0.2, 0.25) is 0 Å². The smallest absolute Gasteiger partial charge is 0.334 e. The molecule has 1 saturated heterocycles. The Labute approximate surface area is 107 Å². The average Bonchev–Trinajstić information content (AvgIpc) is 2.70. The highest BCUT2D eigenvalue weighted by molar-refractivity contribution is 5.89. The number of urea groups is 1. The molecule has 2 bridgehead atoms. The van der Waals surface area contributed by atoms with Gasteiger partial charge in [0.05, 0.1) is 5.69 Å². The molecule has 2 N–H and O–H groups in total. The minimum absolute atomic E-state index is 0.414. The first-order valence-corrected chi connectivity index (χ1v) is 6.48. The van der Waals surface area contributed by atoms with Crippen LogP contribution in [0.3, 0.4) is 0 Å². The van der Waals surface area contributed by atoms with E-state index in [1.165, 1.54) is 19.3 Å². The van der Waals surface area contributed by atoms with Crippen LogP contribution in [0.15, 0.2) is 24.5 Å². The van der Waals surface area contributed by atoms with Crippen LogP contribution in [-0.2, 0) is 0 Å². The minimum Gasteiger partial charge on any atom is -0.350 e. The Hall–Kier alpha value is -1.62. The van der Waals surface area contributed by atoms with Gasteiger partial charge in [-0.2, -0.15) is 0 Å². The number of hydrogen-bond acceptors (Lipinski definition) is 3. The number of piperidine rings is 1. The van der Waals surface area contributed by atoms with Gasteiger partial charge in [0.2, 0.25) is 0 Å². The molecule has 3 rings (SSSR count). The fraction of sp³-hybridized carbons (Fsp3) is 0.538. The third kappa shape index (κ3) is 2.06. The second-order valence-electron chi connectivity index (χ2n) is 5.27. The lowest BCUT2D eigenvalue weighted by Gasteiger charge is -2.39. The number of nitrogens with zero attached hydrogens (tertiary/aromatic N) is 3. The van der Waals surface area contributed by atoms with Crippen LogP contribution in [0.5, 0.6) is 0 Å². The predicted molar refractivity (Wildman–Crippen MR) is 68.7 cm³/mol. The quantitative estimate of drug-likeness (QED) is 0.862. The van der Waals surface area contributed by atoms with Gasteiger partial charge in [0.15, 0.2) is 0 Å². The number of hydrazine groups is 1. The van der Waals surface area contributed by atoms with E-state index in [-0.39, 0.29) is 0 Å². The number of pyridine rings is 1. The highest BCUT2D eigenvalue weighted by atomic mass is 16.2. The Morgan fingerprint density at radius 1 is 1.28 bits per heavy atom. The maximum atomic E-state index is 11.7. The molecule has 0 aromatic carbocycles. The third-order valence-corrected chi connectivity index (χ3v) is 3.99. The number of nitrogens with two attached hydrogens (primary N) is 1. The Kier molecular flexibility index (Phi) is 2.91. The topological polar surface area (TPSA) is 62.5 Å². The summed E-state index contributed by atoms with van der Waals surface area (Å²) in [5.74, 6) is 1.43. The van der Waals surface area contributed by atoms with E-state index in [9.17, 15) is 4.79 Å². The van der Waals surface area contributed by atoms with E-state index in [0.717, 1.165) is 18.8 Å². The van der Waals surface area contributed by atoms with Crippen LogP contribution in [0, 0.1) is 11.8 Å². The highest BCUT2D eigenvalue weighted by Crippen LogP contribution is 2.37. The van der Waals surface area contributed by atoms with E-state index >= 15 is 0 Å². The summed E-state index contributed by atoms with van der Waals surface area (Å²) in [7, 11) is 0. The molecule has 2 amide bonds. The lowest BCUT2D eigenvalue weighted by Crippen LogP contribution is -2.53. The molecule has 1 saturated carbocycles. The van der Waals surface area contributed by atoms with Gasteiger partial charge in [-0.1, -0.05) is 0 Å². The van der Waals surface area contributed by atoms with Crippen molar-refractivity contribution in [1.82, 2.24) is 9.99 Å². The van der Waals surface area contributed by atoms with Gasteiger partial charge in [0.25, 0.3) is 0 Å². The van der Waals surface area contributed by atoms with Crippen LogP contribution in [0.1, 0.15) is 19.3 Å².